The molecule has 0 saturated heterocycles. The molecule has 0 unspecified atom stereocenters. The van der Waals surface area contributed by atoms with E-state index in [0.717, 1.165) is 61.0 Å². The average molecular weight is 487 g/mol. The molecule has 3 nitrogen and oxygen atoms in total. The van der Waals surface area contributed by atoms with Crippen molar-refractivity contribution in [2.75, 3.05) is 0 Å². The van der Waals surface area contributed by atoms with Gasteiger partial charge in [-0.25, -0.2) is 4.98 Å². The fraction of sp³-hybridized carbons (Fsp3) is 0. The summed E-state index contributed by atoms with van der Waals surface area (Å²) in [7, 11) is 0. The van der Waals surface area contributed by atoms with Crippen LogP contribution in [0.15, 0.2) is 138 Å². The number of hydrogen-bond donors (Lipinski definition) is 0. The second-order valence-corrected chi connectivity index (χ2v) is 9.62. The van der Waals surface area contributed by atoms with Gasteiger partial charge in [-0.1, -0.05) is 97.1 Å². The molecular formula is C35H22N2O. The van der Waals surface area contributed by atoms with Gasteiger partial charge in [0.15, 0.2) is 0 Å². The highest BCUT2D eigenvalue weighted by molar-refractivity contribution is 6.19. The number of nitrogens with zero attached hydrogens (tertiary/aromatic N) is 2. The highest BCUT2D eigenvalue weighted by Crippen LogP contribution is 2.40. The lowest BCUT2D eigenvalue weighted by Gasteiger charge is -2.10. The van der Waals surface area contributed by atoms with Crippen molar-refractivity contribution in [3.05, 3.63) is 133 Å². The van der Waals surface area contributed by atoms with Gasteiger partial charge in [0.05, 0.1) is 11.0 Å². The van der Waals surface area contributed by atoms with Gasteiger partial charge < -0.3 is 4.42 Å². The molecule has 2 heterocycles. The zero-order valence-electron chi connectivity index (χ0n) is 20.5. The fourth-order valence-corrected chi connectivity index (χ4v) is 5.65. The lowest BCUT2D eigenvalue weighted by molar-refractivity contribution is 0.672. The number of rotatable bonds is 3. The fourth-order valence-electron chi connectivity index (χ4n) is 5.65. The van der Waals surface area contributed by atoms with Crippen molar-refractivity contribution in [3.8, 4) is 28.2 Å². The van der Waals surface area contributed by atoms with Crippen LogP contribution in [0.2, 0.25) is 0 Å². The highest BCUT2D eigenvalue weighted by Gasteiger charge is 2.18. The standard InChI is InChI=1S/C35H22N2O/c1-3-11-23(12-4-1)35-36-31-21-24(19-20-32(31)37(35)25-13-5-2-6-14-25)29-22-30-27-16-9-10-18-33(27)38-34(30)28-17-8-7-15-26(28)29/h1-22H. The Labute approximate surface area is 219 Å². The summed E-state index contributed by atoms with van der Waals surface area (Å²) in [5, 5.41) is 4.56. The highest BCUT2D eigenvalue weighted by atomic mass is 16.3. The molecule has 0 N–H and O–H groups in total. The Morgan fingerprint density at radius 2 is 1.21 bits per heavy atom. The van der Waals surface area contributed by atoms with Crippen LogP contribution in [0.25, 0.3) is 71.9 Å². The molecular weight excluding hydrogens is 464 g/mol. The molecule has 8 aromatic rings. The molecule has 0 amide bonds. The molecule has 0 spiro atoms. The summed E-state index contributed by atoms with van der Waals surface area (Å²) in [5.74, 6) is 0.935. The first-order valence-electron chi connectivity index (χ1n) is 12.8. The predicted octanol–water partition coefficient (Wildman–Crippen LogP) is 9.41. The van der Waals surface area contributed by atoms with E-state index in [-0.39, 0.29) is 0 Å². The maximum absolute atomic E-state index is 6.33. The molecule has 3 heteroatoms. The molecule has 6 aromatic carbocycles. The molecule has 0 aliphatic rings. The Morgan fingerprint density at radius 1 is 0.526 bits per heavy atom. The number of para-hydroxylation sites is 2. The van der Waals surface area contributed by atoms with E-state index in [0.29, 0.717) is 0 Å². The monoisotopic (exact) mass is 486 g/mol. The van der Waals surface area contributed by atoms with Crippen LogP contribution in [0.3, 0.4) is 0 Å². The summed E-state index contributed by atoms with van der Waals surface area (Å²) in [6.07, 6.45) is 0. The van der Waals surface area contributed by atoms with Gasteiger partial charge >= 0.3 is 0 Å². The van der Waals surface area contributed by atoms with E-state index >= 15 is 0 Å². The number of hydrogen-bond acceptors (Lipinski definition) is 2. The molecule has 38 heavy (non-hydrogen) atoms. The summed E-state index contributed by atoms with van der Waals surface area (Å²) < 4.78 is 8.58. The van der Waals surface area contributed by atoms with E-state index in [1.807, 2.05) is 24.3 Å². The third-order valence-corrected chi connectivity index (χ3v) is 7.40. The van der Waals surface area contributed by atoms with E-state index in [1.165, 1.54) is 10.9 Å². The molecule has 178 valence electrons. The first kappa shape index (κ1) is 21.0. The van der Waals surface area contributed by atoms with E-state index in [2.05, 4.69) is 114 Å². The van der Waals surface area contributed by atoms with E-state index in [4.69, 9.17) is 9.40 Å². The van der Waals surface area contributed by atoms with E-state index in [1.54, 1.807) is 0 Å². The summed E-state index contributed by atoms with van der Waals surface area (Å²) in [6.45, 7) is 0. The maximum Gasteiger partial charge on any atom is 0.145 e. The Morgan fingerprint density at radius 3 is 2.03 bits per heavy atom. The van der Waals surface area contributed by atoms with Gasteiger partial charge in [0.25, 0.3) is 0 Å². The number of imidazole rings is 1. The summed E-state index contributed by atoms with van der Waals surface area (Å²) in [4.78, 5) is 5.17. The van der Waals surface area contributed by atoms with Crippen molar-refractivity contribution < 1.29 is 4.42 Å². The Hall–Kier alpha value is -5.15. The van der Waals surface area contributed by atoms with Crippen molar-refractivity contribution in [3.63, 3.8) is 0 Å². The average Bonchev–Trinajstić information content (AvgIpc) is 3.56. The van der Waals surface area contributed by atoms with Crippen LogP contribution in [-0.4, -0.2) is 9.55 Å². The van der Waals surface area contributed by atoms with Gasteiger partial charge in [-0.15, -0.1) is 0 Å². The zero-order valence-corrected chi connectivity index (χ0v) is 20.5. The van der Waals surface area contributed by atoms with Crippen LogP contribution in [0.4, 0.5) is 0 Å². The molecule has 0 bridgehead atoms. The van der Waals surface area contributed by atoms with Crippen LogP contribution in [0.1, 0.15) is 0 Å². The third kappa shape index (κ3) is 3.12. The largest absolute Gasteiger partial charge is 0.455 e. The van der Waals surface area contributed by atoms with Gasteiger partial charge in [0.2, 0.25) is 0 Å². The topological polar surface area (TPSA) is 31.0 Å². The first-order chi connectivity index (χ1) is 18.8. The summed E-state index contributed by atoms with van der Waals surface area (Å²) in [5.41, 5.74) is 8.39. The molecule has 2 aromatic heterocycles. The van der Waals surface area contributed by atoms with Crippen molar-refractivity contribution in [2.45, 2.75) is 0 Å². The Kier molecular flexibility index (Phi) is 4.52. The normalized spacial score (nSPS) is 11.7. The third-order valence-electron chi connectivity index (χ3n) is 7.40. The lowest BCUT2D eigenvalue weighted by Crippen LogP contribution is -1.97. The molecule has 0 atom stereocenters. The summed E-state index contributed by atoms with van der Waals surface area (Å²) in [6, 6.07) is 46.5. The van der Waals surface area contributed by atoms with Gasteiger partial charge in [-0.05, 0) is 52.9 Å². The molecule has 0 radical (unpaired) electrons. The predicted molar refractivity (Wildman–Crippen MR) is 157 cm³/mol. The Balaban J connectivity index is 1.41. The minimum Gasteiger partial charge on any atom is -0.455 e. The SMILES string of the molecule is c1ccc(-c2nc3cc(-c4cc5c6ccccc6oc5c5ccccc45)ccc3n2-c2ccccc2)cc1. The molecule has 0 fully saturated rings. The second kappa shape index (κ2) is 8.19. The van der Waals surface area contributed by atoms with Crippen LogP contribution in [-0.2, 0) is 0 Å². The first-order valence-corrected chi connectivity index (χ1v) is 12.8. The van der Waals surface area contributed by atoms with Crippen LogP contribution in [0.5, 0.6) is 0 Å². The van der Waals surface area contributed by atoms with Gasteiger partial charge in [-0.3, -0.25) is 4.57 Å². The molecule has 0 saturated carbocycles. The van der Waals surface area contributed by atoms with Crippen molar-refractivity contribution in [1.82, 2.24) is 9.55 Å². The second-order valence-electron chi connectivity index (χ2n) is 9.62. The lowest BCUT2D eigenvalue weighted by atomic mass is 9.95. The number of furan rings is 1. The van der Waals surface area contributed by atoms with Crippen molar-refractivity contribution in [2.24, 2.45) is 0 Å². The zero-order chi connectivity index (χ0) is 25.1. The number of benzene rings is 6. The van der Waals surface area contributed by atoms with Crippen LogP contribution in [0, 0.1) is 0 Å². The van der Waals surface area contributed by atoms with E-state index < -0.39 is 0 Å². The van der Waals surface area contributed by atoms with Gasteiger partial charge in [-0.2, -0.15) is 0 Å². The van der Waals surface area contributed by atoms with Crippen LogP contribution < -0.4 is 0 Å². The van der Waals surface area contributed by atoms with Crippen LogP contribution >= 0.6 is 0 Å². The summed E-state index contributed by atoms with van der Waals surface area (Å²) >= 11 is 0. The quantitative estimate of drug-likeness (QED) is 0.249. The number of aromatic nitrogens is 2. The van der Waals surface area contributed by atoms with Crippen molar-refractivity contribution >= 4 is 43.7 Å². The Bertz CT molecular complexity index is 2120. The minimum atomic E-state index is 0.911. The minimum absolute atomic E-state index is 0.911. The smallest absolute Gasteiger partial charge is 0.145 e. The molecule has 0 aliphatic heterocycles. The van der Waals surface area contributed by atoms with Gasteiger partial charge in [0, 0.05) is 27.4 Å². The molecule has 0 aliphatic carbocycles. The maximum atomic E-state index is 6.33. The molecule has 8 rings (SSSR count). The number of fused-ring (bicyclic) bond motifs is 6. The van der Waals surface area contributed by atoms with Gasteiger partial charge in [0.1, 0.15) is 17.0 Å². The van der Waals surface area contributed by atoms with Crippen molar-refractivity contribution in [1.29, 1.82) is 0 Å². The van der Waals surface area contributed by atoms with E-state index in [9.17, 15) is 0 Å².